The number of carbonyl (C=O) groups is 4. The summed E-state index contributed by atoms with van der Waals surface area (Å²) < 4.78 is 68.6. The van der Waals surface area contributed by atoms with Crippen molar-refractivity contribution >= 4 is 39.5 Å². The number of phosphoric ester groups is 2. The summed E-state index contributed by atoms with van der Waals surface area (Å²) in [5.74, 6) is -2.27. The van der Waals surface area contributed by atoms with Crippen molar-refractivity contribution in [2.45, 2.75) is 341 Å². The van der Waals surface area contributed by atoms with Gasteiger partial charge >= 0.3 is 39.5 Å². The van der Waals surface area contributed by atoms with Gasteiger partial charge in [-0.2, -0.15) is 0 Å². The second-order valence-electron chi connectivity index (χ2n) is 26.9. The molecule has 0 aromatic rings. The van der Waals surface area contributed by atoms with E-state index in [1.807, 2.05) is 12.2 Å². The van der Waals surface area contributed by atoms with Crippen LogP contribution in [0.2, 0.25) is 0 Å². The molecule has 0 saturated carbocycles. The molecular weight excluding hydrogens is 1380 g/mol. The lowest BCUT2D eigenvalue weighted by molar-refractivity contribution is -0.161. The quantitative estimate of drug-likeness (QED) is 0.0169. The van der Waals surface area contributed by atoms with Gasteiger partial charge in [0.05, 0.1) is 26.4 Å². The fourth-order valence-electron chi connectivity index (χ4n) is 10.7. The number of rotatable bonds is 76. The number of ether oxygens (including phenoxy) is 4. The van der Waals surface area contributed by atoms with Crippen LogP contribution in [0, 0.1) is 0 Å². The molecule has 0 saturated heterocycles. The minimum absolute atomic E-state index is 0.0673. The molecule has 0 fully saturated rings. The zero-order chi connectivity index (χ0) is 77.4. The average molecular weight is 1530 g/mol. The Morgan fingerprint density at radius 3 is 0.792 bits per heavy atom. The lowest BCUT2D eigenvalue weighted by Crippen LogP contribution is -2.30. The Bertz CT molecular complexity index is 2580. The molecule has 5 unspecified atom stereocenters. The Balaban J connectivity index is 5.43. The topological polar surface area (TPSA) is 237 Å². The normalized spacial score (nSPS) is 14.6. The molecule has 0 aromatic carbocycles. The van der Waals surface area contributed by atoms with Crippen LogP contribution in [0.25, 0.3) is 0 Å². The predicted molar refractivity (Wildman–Crippen MR) is 436 cm³/mol. The van der Waals surface area contributed by atoms with E-state index >= 15 is 0 Å². The molecule has 606 valence electrons. The van der Waals surface area contributed by atoms with Crippen LogP contribution in [0.15, 0.2) is 146 Å². The molecule has 0 aliphatic carbocycles. The van der Waals surface area contributed by atoms with Gasteiger partial charge in [-0.05, 0) is 135 Å². The summed E-state index contributed by atoms with van der Waals surface area (Å²) in [6.07, 6.45) is 89.7. The third kappa shape index (κ3) is 77.1. The van der Waals surface area contributed by atoms with E-state index in [0.29, 0.717) is 32.1 Å². The Hall–Kier alpha value is -5.06. The maximum atomic E-state index is 13.1. The van der Waals surface area contributed by atoms with E-state index in [4.69, 9.17) is 37.0 Å². The van der Waals surface area contributed by atoms with E-state index < -0.39 is 97.5 Å². The van der Waals surface area contributed by atoms with Crippen molar-refractivity contribution in [3.05, 3.63) is 146 Å². The van der Waals surface area contributed by atoms with Gasteiger partial charge in [-0.15, -0.1) is 0 Å². The first kappa shape index (κ1) is 101. The minimum atomic E-state index is -5.00. The summed E-state index contributed by atoms with van der Waals surface area (Å²) in [5.41, 5.74) is 0. The van der Waals surface area contributed by atoms with Gasteiger partial charge < -0.3 is 33.8 Å². The van der Waals surface area contributed by atoms with Crippen molar-refractivity contribution in [3.8, 4) is 0 Å². The molecule has 0 amide bonds. The van der Waals surface area contributed by atoms with Gasteiger partial charge in [-0.25, -0.2) is 9.13 Å². The first-order chi connectivity index (χ1) is 51.7. The van der Waals surface area contributed by atoms with Crippen molar-refractivity contribution < 1.29 is 80.2 Å². The van der Waals surface area contributed by atoms with Crippen LogP contribution in [-0.4, -0.2) is 96.7 Å². The van der Waals surface area contributed by atoms with Crippen LogP contribution < -0.4 is 0 Å². The number of esters is 4. The molecular formula is C87H146O17P2. The SMILES string of the molecule is CC/C=C\C/C=C\C/C=C\C/C=C\C/C=C\CCCC(=O)OCC(COP(=O)(O)OCC(O)COP(=O)(O)OCC(COC(=O)CCCCCCCC/C=C\C/C=C\C/C=C\C/C=C\CC)OC(=O)CCCCCCC/C=C\C/C=C\C/C=C\CC)OC(=O)CCCCCCCCCCCCCCCCC. The molecule has 0 aliphatic heterocycles. The van der Waals surface area contributed by atoms with Crippen LogP contribution in [0.1, 0.15) is 323 Å². The summed E-state index contributed by atoms with van der Waals surface area (Å²) >= 11 is 0. The molecule has 106 heavy (non-hydrogen) atoms. The van der Waals surface area contributed by atoms with E-state index in [1.54, 1.807) is 0 Å². The summed E-state index contributed by atoms with van der Waals surface area (Å²) in [5, 5.41) is 10.7. The second-order valence-corrected chi connectivity index (χ2v) is 29.8. The molecule has 0 rings (SSSR count). The summed E-state index contributed by atoms with van der Waals surface area (Å²) in [6, 6.07) is 0. The molecule has 5 atom stereocenters. The van der Waals surface area contributed by atoms with Crippen molar-refractivity contribution in [1.29, 1.82) is 0 Å². The molecule has 0 aromatic heterocycles. The Morgan fingerprint density at radius 1 is 0.274 bits per heavy atom. The number of hydrogen-bond acceptors (Lipinski definition) is 15. The maximum Gasteiger partial charge on any atom is 0.472 e. The minimum Gasteiger partial charge on any atom is -0.462 e. The zero-order valence-corrected chi connectivity index (χ0v) is 68.1. The number of unbranched alkanes of at least 4 members (excludes halogenated alkanes) is 26. The monoisotopic (exact) mass is 1530 g/mol. The van der Waals surface area contributed by atoms with Gasteiger partial charge in [0.15, 0.2) is 12.2 Å². The molecule has 19 heteroatoms. The van der Waals surface area contributed by atoms with E-state index in [9.17, 15) is 43.2 Å². The van der Waals surface area contributed by atoms with Crippen LogP contribution in [0.4, 0.5) is 0 Å². The largest absolute Gasteiger partial charge is 0.472 e. The lowest BCUT2D eigenvalue weighted by Gasteiger charge is -2.21. The van der Waals surface area contributed by atoms with Gasteiger partial charge in [0.2, 0.25) is 0 Å². The number of hydrogen-bond donors (Lipinski definition) is 3. The Kier molecular flexibility index (Phi) is 74.3. The Morgan fingerprint density at radius 2 is 0.500 bits per heavy atom. The van der Waals surface area contributed by atoms with E-state index in [1.165, 1.54) is 64.2 Å². The lowest BCUT2D eigenvalue weighted by atomic mass is 10.0. The fourth-order valence-corrected chi connectivity index (χ4v) is 12.3. The second kappa shape index (κ2) is 78.1. The average Bonchev–Trinajstić information content (AvgIpc) is 0.928. The van der Waals surface area contributed by atoms with Crippen LogP contribution >= 0.6 is 15.6 Å². The zero-order valence-electron chi connectivity index (χ0n) is 66.3. The molecule has 0 radical (unpaired) electrons. The van der Waals surface area contributed by atoms with Crippen LogP contribution in [0.5, 0.6) is 0 Å². The van der Waals surface area contributed by atoms with Gasteiger partial charge in [-0.3, -0.25) is 37.3 Å². The number of carbonyl (C=O) groups excluding carboxylic acids is 4. The van der Waals surface area contributed by atoms with Gasteiger partial charge in [0.1, 0.15) is 19.3 Å². The van der Waals surface area contributed by atoms with Gasteiger partial charge in [-0.1, -0.05) is 308 Å². The molecule has 17 nitrogen and oxygen atoms in total. The first-order valence-electron chi connectivity index (χ1n) is 41.1. The first-order valence-corrected chi connectivity index (χ1v) is 44.1. The molecule has 0 heterocycles. The molecule has 3 N–H and O–H groups in total. The summed E-state index contributed by atoms with van der Waals surface area (Å²) in [4.78, 5) is 73.1. The molecule has 0 bridgehead atoms. The summed E-state index contributed by atoms with van der Waals surface area (Å²) in [6.45, 7) is 4.46. The highest BCUT2D eigenvalue weighted by Gasteiger charge is 2.30. The smallest absolute Gasteiger partial charge is 0.462 e. The third-order valence-corrected chi connectivity index (χ3v) is 18.7. The summed E-state index contributed by atoms with van der Waals surface area (Å²) in [7, 11) is -9.99. The fraction of sp³-hybridized carbons (Fsp3) is 0.678. The standard InChI is InChI=1S/C87H146O17P2/c1-5-9-13-17-21-25-29-33-37-39-40-42-46-48-52-56-60-64-68-72-85(90)98-78-83(104-87(92)74-70-66-62-58-54-50-44-36-32-28-24-20-16-12-8-4)80-102-106(95,96)100-76-81(88)75-99-105(93,94)101-79-82(103-86(91)73-69-65-61-57-53-49-43-35-31-27-23-19-15-11-7-3)77-97-84(89)71-67-63-59-55-51-47-45-41-38-34-30-26-22-18-14-10-6-2/h9-10,12-14,16,21-22,24-26,28,33-34,36-38,40,42,44-45,47,55,59,81-83,88H,5-8,11,15,17-20,23,27,29-32,35,39,41,43,46,48-54,56-58,60-80H2,1-4H3,(H,93,94)(H,95,96)/b13-9-,14-10-,16-12-,25-21-,26-22-,28-24-,37-33-,38-34-,42-40-,44-36-,47-45-,59-55-. The van der Waals surface area contributed by atoms with E-state index in [-0.39, 0.29) is 25.7 Å². The highest BCUT2D eigenvalue weighted by Crippen LogP contribution is 2.45. The van der Waals surface area contributed by atoms with Crippen molar-refractivity contribution in [2.75, 3.05) is 39.6 Å². The Labute approximate surface area is 643 Å². The van der Waals surface area contributed by atoms with Crippen LogP contribution in [0.3, 0.4) is 0 Å². The highest BCUT2D eigenvalue weighted by molar-refractivity contribution is 7.47. The van der Waals surface area contributed by atoms with Crippen molar-refractivity contribution in [2.24, 2.45) is 0 Å². The molecule has 0 aliphatic rings. The van der Waals surface area contributed by atoms with E-state index in [0.717, 1.165) is 173 Å². The maximum absolute atomic E-state index is 13.1. The van der Waals surface area contributed by atoms with Gasteiger partial charge in [0.25, 0.3) is 0 Å². The van der Waals surface area contributed by atoms with Crippen molar-refractivity contribution in [1.82, 2.24) is 0 Å². The highest BCUT2D eigenvalue weighted by atomic mass is 31.2. The number of aliphatic hydroxyl groups excluding tert-OH is 1. The number of allylic oxidation sites excluding steroid dienone is 24. The van der Waals surface area contributed by atoms with Crippen molar-refractivity contribution in [3.63, 3.8) is 0 Å². The number of aliphatic hydroxyl groups is 1. The third-order valence-electron chi connectivity index (χ3n) is 16.8. The van der Waals surface area contributed by atoms with Crippen LogP contribution in [-0.2, 0) is 65.4 Å². The molecule has 0 spiro atoms. The number of phosphoric acid groups is 2. The predicted octanol–water partition coefficient (Wildman–Crippen LogP) is 24.2. The van der Waals surface area contributed by atoms with E-state index in [2.05, 4.69) is 161 Å². The van der Waals surface area contributed by atoms with Gasteiger partial charge in [0, 0.05) is 25.7 Å².